The molecule has 1 saturated heterocycles. The van der Waals surface area contributed by atoms with Gasteiger partial charge in [-0.25, -0.2) is 0 Å². The zero-order valence-electron chi connectivity index (χ0n) is 13.4. The maximum atomic E-state index is 12.4. The van der Waals surface area contributed by atoms with Crippen molar-refractivity contribution in [1.29, 1.82) is 0 Å². The summed E-state index contributed by atoms with van der Waals surface area (Å²) in [6, 6.07) is 10.8. The molecule has 2 rings (SSSR count). The third-order valence-electron chi connectivity index (χ3n) is 4.60. The van der Waals surface area contributed by atoms with E-state index < -0.39 is 0 Å². The quantitative estimate of drug-likeness (QED) is 0.803. The second-order valence-corrected chi connectivity index (χ2v) is 6.00. The summed E-state index contributed by atoms with van der Waals surface area (Å²) in [4.78, 5) is 14.9. The van der Waals surface area contributed by atoms with E-state index in [1.54, 1.807) is 7.11 Å². The molecule has 0 spiro atoms. The van der Waals surface area contributed by atoms with E-state index in [2.05, 4.69) is 36.1 Å². The number of nitrogens with zero attached hydrogens (tertiary/aromatic N) is 1. The van der Waals surface area contributed by atoms with E-state index in [0.717, 1.165) is 13.0 Å². The van der Waals surface area contributed by atoms with Crippen LogP contribution >= 0.6 is 0 Å². The fourth-order valence-electron chi connectivity index (χ4n) is 3.28. The average Bonchev–Trinajstić information content (AvgIpc) is 2.51. The lowest BCUT2D eigenvalue weighted by molar-refractivity contribution is -0.133. The van der Waals surface area contributed by atoms with E-state index in [1.165, 1.54) is 12.0 Å². The molecular formula is C18H27NO2. The molecule has 0 radical (unpaired) electrons. The number of likely N-dealkylation sites (tertiary alicyclic amines) is 1. The summed E-state index contributed by atoms with van der Waals surface area (Å²) in [6.45, 7) is 5.91. The van der Waals surface area contributed by atoms with E-state index in [4.69, 9.17) is 4.74 Å². The van der Waals surface area contributed by atoms with Crippen molar-refractivity contribution in [2.24, 2.45) is 5.92 Å². The molecule has 0 aromatic heterocycles. The molecule has 0 N–H and O–H groups in total. The summed E-state index contributed by atoms with van der Waals surface area (Å²) in [5, 5.41) is 0. The molecule has 0 aliphatic carbocycles. The third kappa shape index (κ3) is 3.72. The average molecular weight is 289 g/mol. The molecule has 0 unspecified atom stereocenters. The minimum atomic E-state index is 0.0572. The number of benzene rings is 1. The van der Waals surface area contributed by atoms with E-state index in [-0.39, 0.29) is 18.0 Å². The van der Waals surface area contributed by atoms with Crippen LogP contribution in [0.3, 0.4) is 0 Å². The van der Waals surface area contributed by atoms with Crippen LogP contribution in [0.5, 0.6) is 0 Å². The van der Waals surface area contributed by atoms with Gasteiger partial charge in [-0.15, -0.1) is 0 Å². The zero-order valence-corrected chi connectivity index (χ0v) is 13.4. The molecule has 1 aromatic carbocycles. The molecule has 3 nitrogen and oxygen atoms in total. The van der Waals surface area contributed by atoms with Crippen LogP contribution in [0, 0.1) is 5.92 Å². The predicted molar refractivity (Wildman–Crippen MR) is 85.2 cm³/mol. The number of ether oxygens (including phenoxy) is 1. The van der Waals surface area contributed by atoms with Gasteiger partial charge < -0.3 is 4.74 Å². The summed E-state index contributed by atoms with van der Waals surface area (Å²) in [7, 11) is 1.72. The summed E-state index contributed by atoms with van der Waals surface area (Å²) >= 11 is 0. The number of carbonyl (C=O) groups excluding carboxylic acids is 1. The molecule has 3 heteroatoms. The van der Waals surface area contributed by atoms with Crippen LogP contribution in [-0.2, 0) is 9.53 Å². The Hall–Kier alpha value is -1.19. The number of unbranched alkanes of at least 4 members (excludes halogenated alkanes) is 1. The van der Waals surface area contributed by atoms with Gasteiger partial charge in [-0.2, -0.15) is 0 Å². The van der Waals surface area contributed by atoms with E-state index in [0.29, 0.717) is 18.8 Å². The summed E-state index contributed by atoms with van der Waals surface area (Å²) < 4.78 is 5.40. The molecule has 0 amide bonds. The standard InChI is InChI=1S/C18H27NO2/c1-4-5-11-19-16(15-9-7-6-8-10-15)12-18(20)14(2)17(19)13-21-3/h6-10,14,16-17H,4-5,11-13H2,1-3H3/t14-,16-,17-/m1/s1. The highest BCUT2D eigenvalue weighted by atomic mass is 16.5. The topological polar surface area (TPSA) is 29.5 Å². The molecule has 1 aromatic rings. The number of ketones is 1. The number of Topliss-reactive ketones (excluding diaryl/α,β-unsaturated/α-hetero) is 1. The van der Waals surface area contributed by atoms with Gasteiger partial charge in [0.25, 0.3) is 0 Å². The number of rotatable bonds is 6. The van der Waals surface area contributed by atoms with Crippen molar-refractivity contribution in [3.8, 4) is 0 Å². The molecule has 116 valence electrons. The van der Waals surface area contributed by atoms with Crippen LogP contribution in [0.25, 0.3) is 0 Å². The molecule has 1 aliphatic rings. The van der Waals surface area contributed by atoms with Gasteiger partial charge in [-0.05, 0) is 18.5 Å². The first-order chi connectivity index (χ1) is 10.2. The van der Waals surface area contributed by atoms with E-state index in [9.17, 15) is 4.79 Å². The smallest absolute Gasteiger partial charge is 0.139 e. The minimum Gasteiger partial charge on any atom is -0.383 e. The summed E-state index contributed by atoms with van der Waals surface area (Å²) in [6.07, 6.45) is 2.94. The van der Waals surface area contributed by atoms with Gasteiger partial charge in [0.05, 0.1) is 6.61 Å². The third-order valence-corrected chi connectivity index (χ3v) is 4.60. The lowest BCUT2D eigenvalue weighted by Gasteiger charge is -2.44. The fraction of sp³-hybridized carbons (Fsp3) is 0.611. The molecule has 21 heavy (non-hydrogen) atoms. The molecule has 0 bridgehead atoms. The maximum absolute atomic E-state index is 12.4. The van der Waals surface area contributed by atoms with Gasteiger partial charge >= 0.3 is 0 Å². The Morgan fingerprint density at radius 3 is 2.62 bits per heavy atom. The number of carbonyl (C=O) groups is 1. The highest BCUT2D eigenvalue weighted by molar-refractivity contribution is 5.83. The van der Waals surface area contributed by atoms with Gasteiger partial charge in [0.2, 0.25) is 0 Å². The van der Waals surface area contributed by atoms with Crippen LogP contribution in [0.4, 0.5) is 0 Å². The molecule has 1 fully saturated rings. The van der Waals surface area contributed by atoms with Crippen molar-refractivity contribution in [3.05, 3.63) is 35.9 Å². The SMILES string of the molecule is CCCCN1[C@@H](c2ccccc2)CC(=O)[C@H](C)[C@H]1COC. The van der Waals surface area contributed by atoms with Crippen molar-refractivity contribution in [2.45, 2.75) is 45.2 Å². The van der Waals surface area contributed by atoms with Crippen molar-refractivity contribution in [3.63, 3.8) is 0 Å². The lowest BCUT2D eigenvalue weighted by Crippen LogP contribution is -2.52. The summed E-state index contributed by atoms with van der Waals surface area (Å²) in [5.41, 5.74) is 1.25. The van der Waals surface area contributed by atoms with E-state index >= 15 is 0 Å². The van der Waals surface area contributed by atoms with Gasteiger partial charge in [0.1, 0.15) is 5.78 Å². The summed E-state index contributed by atoms with van der Waals surface area (Å²) in [5.74, 6) is 0.417. The zero-order chi connectivity index (χ0) is 15.2. The van der Waals surface area contributed by atoms with Gasteiger partial charge in [0, 0.05) is 31.5 Å². The first-order valence-electron chi connectivity index (χ1n) is 8.01. The first-order valence-corrected chi connectivity index (χ1v) is 8.01. The number of hydrogen-bond donors (Lipinski definition) is 0. The largest absolute Gasteiger partial charge is 0.383 e. The highest BCUT2D eigenvalue weighted by Crippen LogP contribution is 2.35. The fourth-order valence-corrected chi connectivity index (χ4v) is 3.28. The van der Waals surface area contributed by atoms with Crippen molar-refractivity contribution in [2.75, 3.05) is 20.3 Å². The monoisotopic (exact) mass is 289 g/mol. The van der Waals surface area contributed by atoms with Crippen molar-refractivity contribution < 1.29 is 9.53 Å². The second kappa shape index (κ2) is 7.71. The van der Waals surface area contributed by atoms with E-state index in [1.807, 2.05) is 13.0 Å². The number of hydrogen-bond acceptors (Lipinski definition) is 3. The molecule has 0 saturated carbocycles. The van der Waals surface area contributed by atoms with Crippen LogP contribution in [0.2, 0.25) is 0 Å². The van der Waals surface area contributed by atoms with Crippen molar-refractivity contribution >= 4 is 5.78 Å². The van der Waals surface area contributed by atoms with Crippen LogP contribution in [0.15, 0.2) is 30.3 Å². The Morgan fingerprint density at radius 2 is 2.00 bits per heavy atom. The molecule has 1 aliphatic heterocycles. The second-order valence-electron chi connectivity index (χ2n) is 6.00. The van der Waals surface area contributed by atoms with Crippen LogP contribution < -0.4 is 0 Å². The minimum absolute atomic E-state index is 0.0572. The van der Waals surface area contributed by atoms with Crippen molar-refractivity contribution in [1.82, 2.24) is 4.90 Å². The Balaban J connectivity index is 2.28. The normalized spacial score (nSPS) is 27.0. The first kappa shape index (κ1) is 16.2. The predicted octanol–water partition coefficient (Wildman–Crippen LogP) is 3.45. The number of methoxy groups -OCH3 is 1. The Morgan fingerprint density at radius 1 is 1.29 bits per heavy atom. The molecule has 1 heterocycles. The van der Waals surface area contributed by atoms with Gasteiger partial charge in [0.15, 0.2) is 0 Å². The maximum Gasteiger partial charge on any atom is 0.139 e. The Bertz CT molecular complexity index is 446. The molecule has 3 atom stereocenters. The number of piperidine rings is 1. The Kier molecular flexibility index (Phi) is 5.95. The van der Waals surface area contributed by atoms with Gasteiger partial charge in [-0.1, -0.05) is 50.6 Å². The van der Waals surface area contributed by atoms with Crippen LogP contribution in [-0.4, -0.2) is 37.0 Å². The lowest BCUT2D eigenvalue weighted by atomic mass is 9.83. The van der Waals surface area contributed by atoms with Crippen LogP contribution in [0.1, 0.15) is 44.7 Å². The molecular weight excluding hydrogens is 262 g/mol. The van der Waals surface area contributed by atoms with Gasteiger partial charge in [-0.3, -0.25) is 9.69 Å². The Labute approximate surface area is 128 Å². The highest BCUT2D eigenvalue weighted by Gasteiger charge is 2.40.